The first-order valence-corrected chi connectivity index (χ1v) is 15.0. The van der Waals surface area contributed by atoms with E-state index >= 15 is 0 Å². The van der Waals surface area contributed by atoms with E-state index in [2.05, 4.69) is 39.3 Å². The Morgan fingerprint density at radius 1 is 0.821 bits per heavy atom. The first-order valence-electron chi connectivity index (χ1n) is 15.0. The van der Waals surface area contributed by atoms with Gasteiger partial charge >= 0.3 is 0 Å². The standard InChI is InChI=1S/C23H27NO3.2C3H8.3C2H6/c1-6-18-9-10-20(27-8-3)14-21(18)23(25)17(5)15-24-22-12-11-19(26-7-2)13-16(22)4;2*1-3-2;3*1-2/h6,9-15,17H,1,7-8H2,2-5H3;2*3H2,1-2H3;3*1-2H3. The van der Waals surface area contributed by atoms with Gasteiger partial charge in [0.2, 0.25) is 0 Å². The van der Waals surface area contributed by atoms with Gasteiger partial charge in [0.05, 0.1) is 24.8 Å². The summed E-state index contributed by atoms with van der Waals surface area (Å²) in [6, 6.07) is 11.2. The normalized spacial score (nSPS) is 9.69. The predicted octanol–water partition coefficient (Wildman–Crippen LogP) is 11.6. The molecule has 0 aliphatic rings. The second-order valence-corrected chi connectivity index (χ2v) is 7.61. The van der Waals surface area contributed by atoms with Crippen LogP contribution in [-0.4, -0.2) is 25.2 Å². The van der Waals surface area contributed by atoms with Crippen molar-refractivity contribution >= 4 is 23.8 Å². The molecule has 4 heteroatoms. The van der Waals surface area contributed by atoms with Gasteiger partial charge in [-0.1, -0.05) is 108 Å². The molecule has 4 nitrogen and oxygen atoms in total. The molecule has 0 heterocycles. The van der Waals surface area contributed by atoms with Gasteiger partial charge in [-0.25, -0.2) is 0 Å². The Balaban J connectivity index is -0.000000442. The average Bonchev–Trinajstić information content (AvgIpc) is 2.96. The maximum absolute atomic E-state index is 12.9. The lowest BCUT2D eigenvalue weighted by atomic mass is 9.95. The summed E-state index contributed by atoms with van der Waals surface area (Å²) in [4.78, 5) is 17.4. The number of hydrogen-bond donors (Lipinski definition) is 0. The summed E-state index contributed by atoms with van der Waals surface area (Å²) in [7, 11) is 0. The SMILES string of the molecule is C=Cc1ccc(OCC)cc1C(=O)C(C)C=Nc1ccc(OCC)cc1C.CC.CC.CC.CCC.CCC. The molecule has 1 atom stereocenters. The lowest BCUT2D eigenvalue weighted by molar-refractivity contribution is 0.0963. The maximum atomic E-state index is 12.9. The summed E-state index contributed by atoms with van der Waals surface area (Å²) in [5, 5.41) is 0. The van der Waals surface area contributed by atoms with Gasteiger partial charge < -0.3 is 9.47 Å². The third kappa shape index (κ3) is 19.8. The Hall–Kier alpha value is -2.88. The van der Waals surface area contributed by atoms with Crippen molar-refractivity contribution in [2.75, 3.05) is 13.2 Å². The van der Waals surface area contributed by atoms with Gasteiger partial charge in [0.25, 0.3) is 0 Å². The number of carbonyl (C=O) groups is 1. The van der Waals surface area contributed by atoms with E-state index in [0.717, 1.165) is 22.6 Å². The van der Waals surface area contributed by atoms with Crippen LogP contribution in [0.1, 0.15) is 124 Å². The highest BCUT2D eigenvalue weighted by molar-refractivity contribution is 6.08. The van der Waals surface area contributed by atoms with Gasteiger partial charge in [0.1, 0.15) is 11.5 Å². The molecule has 0 amide bonds. The van der Waals surface area contributed by atoms with E-state index < -0.39 is 0 Å². The van der Waals surface area contributed by atoms with Crippen LogP contribution in [-0.2, 0) is 0 Å². The second-order valence-electron chi connectivity index (χ2n) is 7.61. The molecular formula is C35H61NO3. The van der Waals surface area contributed by atoms with Crippen molar-refractivity contribution < 1.29 is 14.3 Å². The van der Waals surface area contributed by atoms with Gasteiger partial charge in [-0.05, 0) is 62.2 Å². The first kappa shape index (κ1) is 43.2. The second kappa shape index (κ2) is 31.3. The molecule has 0 bridgehead atoms. The fourth-order valence-electron chi connectivity index (χ4n) is 2.72. The number of ketones is 1. The smallest absolute Gasteiger partial charge is 0.171 e. The van der Waals surface area contributed by atoms with Crippen LogP contribution in [0.4, 0.5) is 5.69 Å². The van der Waals surface area contributed by atoms with Crippen molar-refractivity contribution in [1.82, 2.24) is 0 Å². The van der Waals surface area contributed by atoms with Crippen molar-refractivity contribution in [3.63, 3.8) is 0 Å². The summed E-state index contributed by atoms with van der Waals surface area (Å²) in [6.45, 7) is 33.2. The lowest BCUT2D eigenvalue weighted by Gasteiger charge is -2.11. The molecule has 39 heavy (non-hydrogen) atoms. The number of rotatable bonds is 9. The summed E-state index contributed by atoms with van der Waals surface area (Å²) in [5.74, 6) is 1.12. The van der Waals surface area contributed by atoms with Gasteiger partial charge in [-0.3, -0.25) is 9.79 Å². The zero-order valence-corrected chi connectivity index (χ0v) is 27.9. The molecule has 1 unspecified atom stereocenters. The number of nitrogens with zero attached hydrogens (tertiary/aromatic N) is 1. The number of aryl methyl sites for hydroxylation is 1. The Bertz CT molecular complexity index is 870. The van der Waals surface area contributed by atoms with E-state index in [0.29, 0.717) is 24.5 Å². The van der Waals surface area contributed by atoms with Crippen molar-refractivity contribution in [3.05, 3.63) is 59.7 Å². The largest absolute Gasteiger partial charge is 0.494 e. The Morgan fingerprint density at radius 2 is 1.26 bits per heavy atom. The minimum Gasteiger partial charge on any atom is -0.494 e. The molecule has 0 radical (unpaired) electrons. The van der Waals surface area contributed by atoms with Crippen LogP contribution in [0.2, 0.25) is 0 Å². The number of carbonyl (C=O) groups excluding carboxylic acids is 1. The monoisotopic (exact) mass is 543 g/mol. The Labute approximate surface area is 243 Å². The van der Waals surface area contributed by atoms with Gasteiger partial charge in [0.15, 0.2) is 5.78 Å². The highest BCUT2D eigenvalue weighted by atomic mass is 16.5. The van der Waals surface area contributed by atoms with Crippen LogP contribution in [0.3, 0.4) is 0 Å². The molecule has 2 aromatic rings. The van der Waals surface area contributed by atoms with Gasteiger partial charge in [-0.15, -0.1) is 0 Å². The number of aliphatic imine (C=N–C) groups is 1. The summed E-state index contributed by atoms with van der Waals surface area (Å²) >= 11 is 0. The topological polar surface area (TPSA) is 47.9 Å². The number of benzene rings is 2. The summed E-state index contributed by atoms with van der Waals surface area (Å²) < 4.78 is 11.0. The zero-order chi connectivity index (χ0) is 31.2. The molecule has 2 rings (SSSR count). The minimum atomic E-state index is -0.369. The van der Waals surface area contributed by atoms with Crippen LogP contribution < -0.4 is 9.47 Å². The summed E-state index contributed by atoms with van der Waals surface area (Å²) in [6.07, 6.45) is 5.87. The van der Waals surface area contributed by atoms with Crippen LogP contribution >= 0.6 is 0 Å². The van der Waals surface area contributed by atoms with E-state index in [4.69, 9.17) is 9.47 Å². The number of hydrogen-bond acceptors (Lipinski definition) is 4. The van der Waals surface area contributed by atoms with E-state index in [9.17, 15) is 4.79 Å². The van der Waals surface area contributed by atoms with E-state index in [1.807, 2.05) is 99.6 Å². The van der Waals surface area contributed by atoms with Crippen molar-refractivity contribution in [2.45, 2.75) is 110 Å². The molecule has 0 aliphatic heterocycles. The van der Waals surface area contributed by atoms with Crippen molar-refractivity contribution in [1.29, 1.82) is 0 Å². The quantitative estimate of drug-likeness (QED) is 0.233. The van der Waals surface area contributed by atoms with E-state index in [-0.39, 0.29) is 11.7 Å². The third-order valence-corrected chi connectivity index (χ3v) is 4.15. The Morgan fingerprint density at radius 3 is 1.67 bits per heavy atom. The fraction of sp³-hybridized carbons (Fsp3) is 0.543. The van der Waals surface area contributed by atoms with Gasteiger partial charge in [0, 0.05) is 11.8 Å². The Kier molecular flexibility index (Phi) is 34.7. The van der Waals surface area contributed by atoms with Crippen LogP contribution in [0, 0.1) is 12.8 Å². The van der Waals surface area contributed by atoms with Gasteiger partial charge in [-0.2, -0.15) is 0 Å². The molecule has 0 fully saturated rings. The number of ether oxygens (including phenoxy) is 2. The summed E-state index contributed by atoms with van der Waals surface area (Å²) in [5.41, 5.74) is 3.21. The molecule has 0 N–H and O–H groups in total. The van der Waals surface area contributed by atoms with Crippen LogP contribution in [0.15, 0.2) is 48.0 Å². The highest BCUT2D eigenvalue weighted by Crippen LogP contribution is 2.25. The molecular weight excluding hydrogens is 482 g/mol. The molecule has 224 valence electrons. The number of Topliss-reactive ketones (excluding diaryl/α,β-unsaturated/α-hetero) is 1. The average molecular weight is 544 g/mol. The maximum Gasteiger partial charge on any atom is 0.171 e. The molecule has 0 saturated heterocycles. The molecule has 2 aromatic carbocycles. The molecule has 0 aromatic heterocycles. The molecule has 0 saturated carbocycles. The zero-order valence-electron chi connectivity index (χ0n) is 27.9. The van der Waals surface area contributed by atoms with Crippen molar-refractivity contribution in [2.24, 2.45) is 10.9 Å². The fourth-order valence-corrected chi connectivity index (χ4v) is 2.72. The van der Waals surface area contributed by atoms with Crippen molar-refractivity contribution in [3.8, 4) is 11.5 Å². The lowest BCUT2D eigenvalue weighted by Crippen LogP contribution is -2.14. The third-order valence-electron chi connectivity index (χ3n) is 4.15. The minimum absolute atomic E-state index is 0.0150. The molecule has 0 spiro atoms. The first-order chi connectivity index (χ1) is 18.8. The predicted molar refractivity (Wildman–Crippen MR) is 178 cm³/mol. The van der Waals surface area contributed by atoms with Crippen LogP contribution in [0.5, 0.6) is 11.5 Å². The van der Waals surface area contributed by atoms with Crippen LogP contribution in [0.25, 0.3) is 6.08 Å². The molecule has 0 aliphatic carbocycles. The van der Waals surface area contributed by atoms with E-state index in [1.165, 1.54) is 12.8 Å². The highest BCUT2D eigenvalue weighted by Gasteiger charge is 2.17. The van der Waals surface area contributed by atoms with E-state index in [1.54, 1.807) is 18.4 Å².